The Morgan fingerprint density at radius 3 is 2.53 bits per heavy atom. The lowest BCUT2D eigenvalue weighted by Crippen LogP contribution is -2.25. The van der Waals surface area contributed by atoms with Crippen molar-refractivity contribution in [3.05, 3.63) is 23.8 Å². The first-order valence-corrected chi connectivity index (χ1v) is 6.06. The first-order chi connectivity index (χ1) is 7.78. The molecule has 0 bridgehead atoms. The number of hydrogen-bond acceptors (Lipinski definition) is 3. The second-order valence-electron chi connectivity index (χ2n) is 5.87. The highest BCUT2D eigenvalue weighted by molar-refractivity contribution is 5.58. The van der Waals surface area contributed by atoms with Crippen molar-refractivity contribution in [2.24, 2.45) is 5.41 Å². The summed E-state index contributed by atoms with van der Waals surface area (Å²) in [5.74, 6) is 0. The molecule has 0 spiro atoms. The van der Waals surface area contributed by atoms with Crippen LogP contribution in [0.4, 0.5) is 11.4 Å². The second kappa shape index (κ2) is 5.41. The van der Waals surface area contributed by atoms with Crippen molar-refractivity contribution in [3.63, 3.8) is 0 Å². The van der Waals surface area contributed by atoms with Gasteiger partial charge in [0.25, 0.3) is 0 Å². The van der Waals surface area contributed by atoms with Gasteiger partial charge in [0, 0.05) is 17.9 Å². The van der Waals surface area contributed by atoms with E-state index in [1.807, 2.05) is 25.1 Å². The Balaban J connectivity index is 2.47. The van der Waals surface area contributed by atoms with Gasteiger partial charge in [0.2, 0.25) is 0 Å². The largest absolute Gasteiger partial charge is 0.398 e. The van der Waals surface area contributed by atoms with Gasteiger partial charge in [-0.15, -0.1) is 0 Å². The van der Waals surface area contributed by atoms with Gasteiger partial charge in [-0.25, -0.2) is 0 Å². The van der Waals surface area contributed by atoms with Gasteiger partial charge in [-0.05, 0) is 36.5 Å². The minimum absolute atomic E-state index is 0.146. The number of nitrogens with one attached hydrogen (secondary N) is 1. The lowest BCUT2D eigenvalue weighted by Gasteiger charge is -2.22. The molecule has 0 radical (unpaired) electrons. The third-order valence-corrected chi connectivity index (χ3v) is 2.67. The van der Waals surface area contributed by atoms with Crippen LogP contribution in [0, 0.1) is 12.3 Å². The molecule has 1 rings (SSSR count). The van der Waals surface area contributed by atoms with Crippen LogP contribution in [0.15, 0.2) is 18.2 Å². The number of hydrogen-bond donors (Lipinski definition) is 3. The molecule has 3 heteroatoms. The van der Waals surface area contributed by atoms with Crippen molar-refractivity contribution in [3.8, 4) is 0 Å². The van der Waals surface area contributed by atoms with Gasteiger partial charge in [0.05, 0.1) is 6.10 Å². The molecular weight excluding hydrogens is 212 g/mol. The fourth-order valence-electron chi connectivity index (χ4n) is 1.77. The predicted molar refractivity (Wildman–Crippen MR) is 74.2 cm³/mol. The number of rotatable bonds is 4. The average Bonchev–Trinajstić information content (AvgIpc) is 2.17. The van der Waals surface area contributed by atoms with Crippen LogP contribution in [-0.2, 0) is 0 Å². The second-order valence-corrected chi connectivity index (χ2v) is 5.87. The van der Waals surface area contributed by atoms with Crippen molar-refractivity contribution in [1.29, 1.82) is 0 Å². The first-order valence-electron chi connectivity index (χ1n) is 6.06. The lowest BCUT2D eigenvalue weighted by atomic mass is 9.89. The molecule has 1 aromatic rings. The third-order valence-electron chi connectivity index (χ3n) is 2.67. The molecular formula is C14H24N2O. The minimum Gasteiger partial charge on any atom is -0.398 e. The van der Waals surface area contributed by atoms with E-state index in [0.717, 1.165) is 23.4 Å². The topological polar surface area (TPSA) is 58.3 Å². The number of nitrogen functional groups attached to an aromatic ring is 1. The SMILES string of the molecule is Cc1ccc(NCC(O)CC(C)(C)C)cc1N. The molecule has 3 nitrogen and oxygen atoms in total. The molecule has 0 aliphatic heterocycles. The summed E-state index contributed by atoms with van der Waals surface area (Å²) in [5.41, 5.74) is 8.78. The van der Waals surface area contributed by atoms with Crippen LogP contribution in [0.25, 0.3) is 0 Å². The molecule has 96 valence electrons. The van der Waals surface area contributed by atoms with Crippen LogP contribution >= 0.6 is 0 Å². The number of anilines is 2. The molecule has 4 N–H and O–H groups in total. The number of aliphatic hydroxyl groups excluding tert-OH is 1. The number of aryl methyl sites for hydroxylation is 1. The van der Waals surface area contributed by atoms with E-state index in [-0.39, 0.29) is 11.5 Å². The summed E-state index contributed by atoms with van der Waals surface area (Å²) < 4.78 is 0. The summed E-state index contributed by atoms with van der Waals surface area (Å²) in [6.45, 7) is 8.91. The Kier molecular flexibility index (Phi) is 4.40. The Morgan fingerprint density at radius 2 is 2.00 bits per heavy atom. The van der Waals surface area contributed by atoms with Gasteiger partial charge in [-0.1, -0.05) is 26.8 Å². The standard InChI is InChI=1S/C14H24N2O/c1-10-5-6-11(7-13(10)15)16-9-12(17)8-14(2,3)4/h5-7,12,16-17H,8-9,15H2,1-4H3. The van der Waals surface area contributed by atoms with Crippen LogP contribution in [0.2, 0.25) is 0 Å². The van der Waals surface area contributed by atoms with Crippen LogP contribution < -0.4 is 11.1 Å². The van der Waals surface area contributed by atoms with E-state index in [2.05, 4.69) is 26.1 Å². The van der Waals surface area contributed by atoms with Crippen LogP contribution in [-0.4, -0.2) is 17.8 Å². The molecule has 0 fully saturated rings. The zero-order valence-corrected chi connectivity index (χ0v) is 11.2. The average molecular weight is 236 g/mol. The summed E-state index contributed by atoms with van der Waals surface area (Å²) in [7, 11) is 0. The zero-order valence-electron chi connectivity index (χ0n) is 11.2. The Morgan fingerprint density at radius 1 is 1.35 bits per heavy atom. The van der Waals surface area contributed by atoms with Crippen molar-refractivity contribution in [2.75, 3.05) is 17.6 Å². The molecule has 0 saturated carbocycles. The number of nitrogens with two attached hydrogens (primary N) is 1. The normalized spacial score (nSPS) is 13.5. The first kappa shape index (κ1) is 13.8. The van der Waals surface area contributed by atoms with Gasteiger partial charge < -0.3 is 16.2 Å². The van der Waals surface area contributed by atoms with E-state index >= 15 is 0 Å². The van der Waals surface area contributed by atoms with Crippen LogP contribution in [0.3, 0.4) is 0 Å². The molecule has 0 saturated heterocycles. The van der Waals surface area contributed by atoms with Crippen molar-refractivity contribution in [2.45, 2.75) is 40.2 Å². The quantitative estimate of drug-likeness (QED) is 0.705. The maximum absolute atomic E-state index is 9.88. The van der Waals surface area contributed by atoms with E-state index in [1.165, 1.54) is 0 Å². The number of benzene rings is 1. The third kappa shape index (κ3) is 5.09. The van der Waals surface area contributed by atoms with Gasteiger partial charge >= 0.3 is 0 Å². The maximum Gasteiger partial charge on any atom is 0.0717 e. The molecule has 1 unspecified atom stereocenters. The van der Waals surface area contributed by atoms with E-state index in [9.17, 15) is 5.11 Å². The van der Waals surface area contributed by atoms with Crippen LogP contribution in [0.1, 0.15) is 32.8 Å². The highest BCUT2D eigenvalue weighted by atomic mass is 16.3. The zero-order chi connectivity index (χ0) is 13.1. The fourth-order valence-corrected chi connectivity index (χ4v) is 1.77. The molecule has 0 aliphatic carbocycles. The molecule has 1 aromatic carbocycles. The maximum atomic E-state index is 9.88. The lowest BCUT2D eigenvalue weighted by molar-refractivity contribution is 0.132. The highest BCUT2D eigenvalue weighted by Crippen LogP contribution is 2.21. The minimum atomic E-state index is -0.336. The Labute approximate surface area is 104 Å². The molecule has 1 atom stereocenters. The van der Waals surface area contributed by atoms with Gasteiger partial charge in [-0.2, -0.15) is 0 Å². The molecule has 0 aliphatic rings. The molecule has 17 heavy (non-hydrogen) atoms. The predicted octanol–water partition coefficient (Wildman–Crippen LogP) is 2.79. The van der Waals surface area contributed by atoms with Gasteiger partial charge in [-0.3, -0.25) is 0 Å². The van der Waals surface area contributed by atoms with Gasteiger partial charge in [0.1, 0.15) is 0 Å². The van der Waals surface area contributed by atoms with Gasteiger partial charge in [0.15, 0.2) is 0 Å². The van der Waals surface area contributed by atoms with E-state index < -0.39 is 0 Å². The fraction of sp³-hybridized carbons (Fsp3) is 0.571. The Hall–Kier alpha value is -1.22. The van der Waals surface area contributed by atoms with Crippen LogP contribution in [0.5, 0.6) is 0 Å². The highest BCUT2D eigenvalue weighted by Gasteiger charge is 2.16. The smallest absolute Gasteiger partial charge is 0.0717 e. The van der Waals surface area contributed by atoms with E-state index in [1.54, 1.807) is 0 Å². The monoisotopic (exact) mass is 236 g/mol. The molecule has 0 aromatic heterocycles. The Bertz CT molecular complexity index is 369. The summed E-state index contributed by atoms with van der Waals surface area (Å²) in [4.78, 5) is 0. The van der Waals surface area contributed by atoms with Crippen molar-refractivity contribution in [1.82, 2.24) is 0 Å². The van der Waals surface area contributed by atoms with Crippen molar-refractivity contribution < 1.29 is 5.11 Å². The number of aliphatic hydroxyl groups is 1. The van der Waals surface area contributed by atoms with Crippen molar-refractivity contribution >= 4 is 11.4 Å². The summed E-state index contributed by atoms with van der Waals surface area (Å²) in [6, 6.07) is 5.86. The summed E-state index contributed by atoms with van der Waals surface area (Å²) in [5, 5.41) is 13.1. The molecule has 0 heterocycles. The molecule has 0 amide bonds. The van der Waals surface area contributed by atoms with E-state index in [0.29, 0.717) is 6.54 Å². The summed E-state index contributed by atoms with van der Waals surface area (Å²) in [6.07, 6.45) is 0.443. The van der Waals surface area contributed by atoms with E-state index in [4.69, 9.17) is 5.73 Å². The summed E-state index contributed by atoms with van der Waals surface area (Å²) >= 11 is 0.